The van der Waals surface area contributed by atoms with Gasteiger partial charge in [-0.1, -0.05) is 26.7 Å². The SMILES string of the molecule is C[C@]12CC[C@H]3[C@@H](CC[C@H]4CCCC[C@@]43C)[C@H]1CC(=O)C2. The second-order valence-corrected chi connectivity index (χ2v) is 9.01. The van der Waals surface area contributed by atoms with Crippen LogP contribution in [0.2, 0.25) is 0 Å². The molecular formula is C19H30O. The summed E-state index contributed by atoms with van der Waals surface area (Å²) in [5.41, 5.74) is 0.990. The van der Waals surface area contributed by atoms with E-state index < -0.39 is 0 Å². The lowest BCUT2D eigenvalue weighted by Gasteiger charge is -2.59. The topological polar surface area (TPSA) is 17.1 Å². The Morgan fingerprint density at radius 3 is 2.65 bits per heavy atom. The molecule has 6 atom stereocenters. The van der Waals surface area contributed by atoms with Crippen molar-refractivity contribution in [3.05, 3.63) is 0 Å². The number of Topliss-reactive ketones (excluding diaryl/α,β-unsaturated/α-hetero) is 1. The third kappa shape index (κ3) is 1.70. The summed E-state index contributed by atoms with van der Waals surface area (Å²) in [7, 11) is 0. The molecule has 4 saturated carbocycles. The Morgan fingerprint density at radius 2 is 1.80 bits per heavy atom. The number of carbonyl (C=O) groups excluding carboxylic acids is 1. The molecular weight excluding hydrogens is 244 g/mol. The number of rotatable bonds is 0. The van der Waals surface area contributed by atoms with E-state index >= 15 is 0 Å². The molecule has 112 valence electrons. The van der Waals surface area contributed by atoms with Crippen LogP contribution in [-0.4, -0.2) is 5.78 Å². The minimum atomic E-state index is 0.371. The Kier molecular flexibility index (Phi) is 2.89. The van der Waals surface area contributed by atoms with Crippen molar-refractivity contribution >= 4 is 5.78 Å². The fourth-order valence-electron chi connectivity index (χ4n) is 7.07. The van der Waals surface area contributed by atoms with E-state index in [9.17, 15) is 4.79 Å². The lowest BCUT2D eigenvalue weighted by molar-refractivity contribution is -0.118. The maximum absolute atomic E-state index is 12.1. The van der Waals surface area contributed by atoms with Gasteiger partial charge in [0.05, 0.1) is 0 Å². The van der Waals surface area contributed by atoms with Gasteiger partial charge in [-0.05, 0) is 73.0 Å². The molecule has 20 heavy (non-hydrogen) atoms. The summed E-state index contributed by atoms with van der Waals surface area (Å²) in [5, 5.41) is 0. The average Bonchev–Trinajstić information content (AvgIpc) is 2.72. The van der Waals surface area contributed by atoms with Gasteiger partial charge in [0.1, 0.15) is 5.78 Å². The lowest BCUT2D eigenvalue weighted by Crippen LogP contribution is -2.51. The van der Waals surface area contributed by atoms with Crippen molar-refractivity contribution in [3.8, 4) is 0 Å². The number of hydrogen-bond donors (Lipinski definition) is 0. The van der Waals surface area contributed by atoms with Crippen molar-refractivity contribution < 1.29 is 4.79 Å². The van der Waals surface area contributed by atoms with Gasteiger partial charge in [-0.15, -0.1) is 0 Å². The van der Waals surface area contributed by atoms with E-state index in [1.165, 1.54) is 51.4 Å². The van der Waals surface area contributed by atoms with E-state index in [4.69, 9.17) is 0 Å². The molecule has 0 aromatic rings. The van der Waals surface area contributed by atoms with Crippen molar-refractivity contribution in [2.24, 2.45) is 34.5 Å². The minimum absolute atomic E-state index is 0.371. The van der Waals surface area contributed by atoms with Crippen LogP contribution in [0.1, 0.15) is 78.1 Å². The van der Waals surface area contributed by atoms with Crippen molar-refractivity contribution in [1.82, 2.24) is 0 Å². The first-order chi connectivity index (χ1) is 9.53. The zero-order valence-electron chi connectivity index (χ0n) is 13.3. The molecule has 0 amide bonds. The van der Waals surface area contributed by atoms with E-state index in [1.54, 1.807) is 0 Å². The first-order valence-corrected chi connectivity index (χ1v) is 9.05. The maximum Gasteiger partial charge on any atom is 0.133 e. The van der Waals surface area contributed by atoms with E-state index in [-0.39, 0.29) is 0 Å². The molecule has 4 aliphatic carbocycles. The highest BCUT2D eigenvalue weighted by Gasteiger charge is 2.58. The van der Waals surface area contributed by atoms with Crippen molar-refractivity contribution in [3.63, 3.8) is 0 Å². The maximum atomic E-state index is 12.1. The van der Waals surface area contributed by atoms with Gasteiger partial charge in [0.25, 0.3) is 0 Å². The molecule has 1 nitrogen and oxygen atoms in total. The molecule has 4 rings (SSSR count). The summed E-state index contributed by atoms with van der Waals surface area (Å²) in [5.74, 6) is 4.10. The lowest BCUT2D eigenvalue weighted by atomic mass is 9.45. The van der Waals surface area contributed by atoms with Gasteiger partial charge in [-0.3, -0.25) is 4.79 Å². The monoisotopic (exact) mass is 274 g/mol. The smallest absolute Gasteiger partial charge is 0.133 e. The van der Waals surface area contributed by atoms with E-state index in [1.807, 2.05) is 0 Å². The molecule has 0 aromatic heterocycles. The van der Waals surface area contributed by atoms with Crippen LogP contribution in [-0.2, 0) is 4.79 Å². The zero-order valence-corrected chi connectivity index (χ0v) is 13.3. The molecule has 0 unspecified atom stereocenters. The van der Waals surface area contributed by atoms with Gasteiger partial charge in [-0.25, -0.2) is 0 Å². The first kappa shape index (κ1) is 13.3. The van der Waals surface area contributed by atoms with Crippen LogP contribution >= 0.6 is 0 Å². The highest BCUT2D eigenvalue weighted by atomic mass is 16.1. The largest absolute Gasteiger partial charge is 0.300 e. The van der Waals surface area contributed by atoms with Crippen LogP contribution in [0.25, 0.3) is 0 Å². The molecule has 0 N–H and O–H groups in total. The van der Waals surface area contributed by atoms with E-state index in [2.05, 4.69) is 13.8 Å². The normalized spacial score (nSPS) is 55.0. The van der Waals surface area contributed by atoms with E-state index in [0.717, 1.165) is 36.5 Å². The van der Waals surface area contributed by atoms with Crippen molar-refractivity contribution in [2.75, 3.05) is 0 Å². The predicted molar refractivity (Wildman–Crippen MR) is 81.4 cm³/mol. The van der Waals surface area contributed by atoms with Crippen molar-refractivity contribution in [2.45, 2.75) is 78.1 Å². The molecule has 0 aliphatic heterocycles. The average molecular weight is 274 g/mol. The zero-order chi connectivity index (χ0) is 14.0. The molecule has 0 aromatic carbocycles. The summed E-state index contributed by atoms with van der Waals surface area (Å²) in [6.45, 7) is 5.04. The van der Waals surface area contributed by atoms with Crippen LogP contribution in [0.3, 0.4) is 0 Å². The Labute approximate surface area is 123 Å². The summed E-state index contributed by atoms with van der Waals surface area (Å²) in [6.07, 6.45) is 13.3. The van der Waals surface area contributed by atoms with Crippen LogP contribution in [0.15, 0.2) is 0 Å². The molecule has 4 fully saturated rings. The van der Waals surface area contributed by atoms with Gasteiger partial charge in [0.15, 0.2) is 0 Å². The van der Waals surface area contributed by atoms with Crippen LogP contribution in [0, 0.1) is 34.5 Å². The van der Waals surface area contributed by atoms with Crippen LogP contribution < -0.4 is 0 Å². The van der Waals surface area contributed by atoms with Gasteiger partial charge < -0.3 is 0 Å². The minimum Gasteiger partial charge on any atom is -0.300 e. The summed E-state index contributed by atoms with van der Waals surface area (Å²) < 4.78 is 0. The Morgan fingerprint density at radius 1 is 0.950 bits per heavy atom. The van der Waals surface area contributed by atoms with Crippen LogP contribution in [0.5, 0.6) is 0 Å². The third-order valence-corrected chi connectivity index (χ3v) is 8.15. The van der Waals surface area contributed by atoms with Gasteiger partial charge in [0, 0.05) is 12.8 Å². The van der Waals surface area contributed by atoms with Gasteiger partial charge in [-0.2, -0.15) is 0 Å². The molecule has 0 heterocycles. The first-order valence-electron chi connectivity index (χ1n) is 9.05. The molecule has 0 spiro atoms. The molecule has 0 radical (unpaired) electrons. The second-order valence-electron chi connectivity index (χ2n) is 9.01. The summed E-state index contributed by atoms with van der Waals surface area (Å²) >= 11 is 0. The standard InChI is InChI=1S/C19H30O/c1-18-10-8-16-15(17(18)11-14(20)12-18)7-6-13-5-3-4-9-19(13,16)2/h13,15-17H,3-12H2,1-2H3/t13-,15-,16+,17-,18-,19+/m1/s1. The van der Waals surface area contributed by atoms with Crippen molar-refractivity contribution in [1.29, 1.82) is 0 Å². The van der Waals surface area contributed by atoms with E-state index in [0.29, 0.717) is 16.6 Å². The number of fused-ring (bicyclic) bond motifs is 5. The number of carbonyl (C=O) groups is 1. The molecule has 0 saturated heterocycles. The van der Waals surface area contributed by atoms with Gasteiger partial charge in [0.2, 0.25) is 0 Å². The van der Waals surface area contributed by atoms with Gasteiger partial charge >= 0.3 is 0 Å². The number of hydrogen-bond acceptors (Lipinski definition) is 1. The fraction of sp³-hybridized carbons (Fsp3) is 0.947. The second kappa shape index (κ2) is 4.34. The number of ketones is 1. The molecule has 4 aliphatic rings. The third-order valence-electron chi connectivity index (χ3n) is 8.15. The molecule has 1 heteroatoms. The van der Waals surface area contributed by atoms with Crippen LogP contribution in [0.4, 0.5) is 0 Å². The molecule has 0 bridgehead atoms. The summed E-state index contributed by atoms with van der Waals surface area (Å²) in [6, 6.07) is 0. The Bertz CT molecular complexity index is 427. The summed E-state index contributed by atoms with van der Waals surface area (Å²) in [4.78, 5) is 12.1. The highest BCUT2D eigenvalue weighted by Crippen LogP contribution is 2.65. The Balaban J connectivity index is 1.65. The predicted octanol–water partition coefficient (Wildman–Crippen LogP) is 4.99. The quantitative estimate of drug-likeness (QED) is 0.608. The Hall–Kier alpha value is -0.330. The fourth-order valence-corrected chi connectivity index (χ4v) is 7.07. The highest BCUT2D eigenvalue weighted by molar-refractivity contribution is 5.82.